The van der Waals surface area contributed by atoms with Gasteiger partial charge < -0.3 is 14.8 Å². The summed E-state index contributed by atoms with van der Waals surface area (Å²) in [6.45, 7) is 3.81. The zero-order valence-electron chi connectivity index (χ0n) is 16.8. The van der Waals surface area contributed by atoms with Crippen LogP contribution in [0, 0.1) is 13.8 Å². The van der Waals surface area contributed by atoms with Crippen molar-refractivity contribution in [1.29, 1.82) is 0 Å². The summed E-state index contributed by atoms with van der Waals surface area (Å²) in [5.74, 6) is 0.0360. The van der Waals surface area contributed by atoms with Gasteiger partial charge in [0.15, 0.2) is 5.13 Å². The maximum atomic E-state index is 13.1. The first-order chi connectivity index (χ1) is 13.9. The van der Waals surface area contributed by atoms with Gasteiger partial charge >= 0.3 is 5.97 Å². The van der Waals surface area contributed by atoms with Crippen LogP contribution in [0.3, 0.4) is 0 Å². The maximum absolute atomic E-state index is 13.1. The van der Waals surface area contributed by atoms with Gasteiger partial charge in [0.1, 0.15) is 5.75 Å². The number of aromatic nitrogens is 2. The van der Waals surface area contributed by atoms with Crippen LogP contribution in [0.2, 0.25) is 0 Å². The van der Waals surface area contributed by atoms with Crippen molar-refractivity contribution in [3.63, 3.8) is 0 Å². The standard InChI is InChI=1S/C21H23N3O4S/c1-13-11-17(14(2)24(13)21-22-9-10-29-21)20(26)23-18(12-19(25)28-4)15-5-7-16(27-3)8-6-15/h5-11,18H,12H2,1-4H3,(H,23,26). The molecule has 0 fully saturated rings. The summed E-state index contributed by atoms with van der Waals surface area (Å²) in [4.78, 5) is 29.3. The molecule has 1 unspecified atom stereocenters. The van der Waals surface area contributed by atoms with Gasteiger partial charge in [-0.05, 0) is 37.6 Å². The second kappa shape index (κ2) is 8.91. The van der Waals surface area contributed by atoms with Gasteiger partial charge in [-0.1, -0.05) is 12.1 Å². The minimum Gasteiger partial charge on any atom is -0.497 e. The minimum absolute atomic E-state index is 0.0276. The molecule has 1 aromatic carbocycles. The van der Waals surface area contributed by atoms with Gasteiger partial charge in [-0.25, -0.2) is 4.98 Å². The quantitative estimate of drug-likeness (QED) is 0.599. The molecule has 0 aliphatic rings. The van der Waals surface area contributed by atoms with E-state index in [-0.39, 0.29) is 12.3 Å². The minimum atomic E-state index is -0.524. The first-order valence-electron chi connectivity index (χ1n) is 9.05. The zero-order chi connectivity index (χ0) is 21.0. The number of nitrogens with zero attached hydrogens (tertiary/aromatic N) is 2. The largest absolute Gasteiger partial charge is 0.497 e. The average Bonchev–Trinajstić information content (AvgIpc) is 3.34. The highest BCUT2D eigenvalue weighted by Crippen LogP contribution is 2.25. The van der Waals surface area contributed by atoms with Gasteiger partial charge in [-0.3, -0.25) is 14.2 Å². The number of ether oxygens (including phenoxy) is 2. The van der Waals surface area contributed by atoms with Crippen LogP contribution in [0.4, 0.5) is 0 Å². The van der Waals surface area contributed by atoms with Crippen molar-refractivity contribution in [3.8, 4) is 10.9 Å². The molecular weight excluding hydrogens is 390 g/mol. The number of hydrogen-bond acceptors (Lipinski definition) is 6. The van der Waals surface area contributed by atoms with Gasteiger partial charge in [-0.15, -0.1) is 11.3 Å². The Hall–Kier alpha value is -3.13. The van der Waals surface area contributed by atoms with Crippen LogP contribution in [-0.4, -0.2) is 35.6 Å². The Labute approximate surface area is 173 Å². The fourth-order valence-electron chi connectivity index (χ4n) is 3.19. The van der Waals surface area contributed by atoms with Crippen molar-refractivity contribution in [3.05, 3.63) is 64.4 Å². The Morgan fingerprint density at radius 1 is 1.21 bits per heavy atom. The number of amides is 1. The molecule has 29 heavy (non-hydrogen) atoms. The lowest BCUT2D eigenvalue weighted by Gasteiger charge is -2.18. The molecule has 0 aliphatic carbocycles. The fourth-order valence-corrected chi connectivity index (χ4v) is 3.94. The van der Waals surface area contributed by atoms with Gasteiger partial charge in [0.25, 0.3) is 5.91 Å². The Morgan fingerprint density at radius 2 is 1.93 bits per heavy atom. The van der Waals surface area contributed by atoms with Crippen LogP contribution >= 0.6 is 11.3 Å². The van der Waals surface area contributed by atoms with E-state index in [1.165, 1.54) is 18.4 Å². The highest BCUT2D eigenvalue weighted by atomic mass is 32.1. The number of methoxy groups -OCH3 is 2. The first kappa shape index (κ1) is 20.6. The third-order valence-electron chi connectivity index (χ3n) is 4.71. The van der Waals surface area contributed by atoms with Crippen LogP contribution in [-0.2, 0) is 9.53 Å². The highest BCUT2D eigenvalue weighted by molar-refractivity contribution is 7.12. The van der Waals surface area contributed by atoms with E-state index in [0.29, 0.717) is 11.3 Å². The Kier molecular flexibility index (Phi) is 6.33. The lowest BCUT2D eigenvalue weighted by atomic mass is 10.0. The number of thiazole rings is 1. The van der Waals surface area contributed by atoms with Crippen molar-refractivity contribution in [2.45, 2.75) is 26.3 Å². The summed E-state index contributed by atoms with van der Waals surface area (Å²) in [7, 11) is 2.91. The van der Waals surface area contributed by atoms with E-state index in [0.717, 1.165) is 22.1 Å². The SMILES string of the molecule is COC(=O)CC(NC(=O)c1cc(C)n(-c2nccs2)c1C)c1ccc(OC)cc1. The number of carbonyl (C=O) groups is 2. The summed E-state index contributed by atoms with van der Waals surface area (Å²) in [6, 6.07) is 8.54. The predicted octanol–water partition coefficient (Wildman–Crippen LogP) is 3.59. The fraction of sp³-hybridized carbons (Fsp3) is 0.286. The van der Waals surface area contributed by atoms with Crippen molar-refractivity contribution in [2.24, 2.45) is 0 Å². The molecule has 3 rings (SSSR count). The number of esters is 1. The van der Waals surface area contributed by atoms with Gasteiger partial charge in [-0.2, -0.15) is 0 Å². The molecule has 2 heterocycles. The average molecular weight is 413 g/mol. The van der Waals surface area contributed by atoms with Gasteiger partial charge in [0.2, 0.25) is 0 Å². The topological polar surface area (TPSA) is 82.5 Å². The molecular formula is C21H23N3O4S. The second-order valence-electron chi connectivity index (χ2n) is 6.51. The molecule has 7 nitrogen and oxygen atoms in total. The van der Waals surface area contributed by atoms with E-state index < -0.39 is 12.0 Å². The summed E-state index contributed by atoms with van der Waals surface area (Å²) in [6.07, 6.45) is 1.76. The van der Waals surface area contributed by atoms with Gasteiger partial charge in [0, 0.05) is 23.0 Å². The number of aryl methyl sites for hydroxylation is 1. The van der Waals surface area contributed by atoms with Gasteiger partial charge in [0.05, 0.1) is 32.2 Å². The molecule has 0 spiro atoms. The van der Waals surface area contributed by atoms with E-state index in [9.17, 15) is 9.59 Å². The maximum Gasteiger partial charge on any atom is 0.307 e. The van der Waals surface area contributed by atoms with Crippen molar-refractivity contribution in [1.82, 2.24) is 14.9 Å². The zero-order valence-corrected chi connectivity index (χ0v) is 17.6. The van der Waals surface area contributed by atoms with Crippen molar-refractivity contribution < 1.29 is 19.1 Å². The summed E-state index contributed by atoms with van der Waals surface area (Å²) in [5.41, 5.74) is 3.04. The molecule has 0 saturated heterocycles. The van der Waals surface area contributed by atoms with E-state index in [1.807, 2.05) is 42.0 Å². The Balaban J connectivity index is 1.88. The van der Waals surface area contributed by atoms with E-state index in [2.05, 4.69) is 10.3 Å². The van der Waals surface area contributed by atoms with Crippen molar-refractivity contribution in [2.75, 3.05) is 14.2 Å². The molecule has 0 saturated carbocycles. The smallest absolute Gasteiger partial charge is 0.307 e. The normalized spacial score (nSPS) is 11.7. The van der Waals surface area contributed by atoms with E-state index >= 15 is 0 Å². The molecule has 152 valence electrons. The van der Waals surface area contributed by atoms with Crippen LogP contribution in [0.15, 0.2) is 41.9 Å². The lowest BCUT2D eigenvalue weighted by Crippen LogP contribution is -2.30. The predicted molar refractivity (Wildman–Crippen MR) is 111 cm³/mol. The molecule has 2 aromatic heterocycles. The lowest BCUT2D eigenvalue weighted by molar-refractivity contribution is -0.141. The molecule has 8 heteroatoms. The second-order valence-corrected chi connectivity index (χ2v) is 7.39. The number of benzene rings is 1. The summed E-state index contributed by atoms with van der Waals surface area (Å²) < 4.78 is 11.9. The highest BCUT2D eigenvalue weighted by Gasteiger charge is 2.23. The first-order valence-corrected chi connectivity index (χ1v) is 9.93. The molecule has 0 radical (unpaired) electrons. The Bertz CT molecular complexity index is 994. The molecule has 1 atom stereocenters. The monoisotopic (exact) mass is 413 g/mol. The van der Waals surface area contributed by atoms with E-state index in [4.69, 9.17) is 9.47 Å². The van der Waals surface area contributed by atoms with E-state index in [1.54, 1.807) is 25.4 Å². The van der Waals surface area contributed by atoms with Crippen LogP contribution in [0.5, 0.6) is 5.75 Å². The van der Waals surface area contributed by atoms with Crippen LogP contribution < -0.4 is 10.1 Å². The summed E-state index contributed by atoms with van der Waals surface area (Å²) in [5, 5.41) is 5.67. The molecule has 1 amide bonds. The Morgan fingerprint density at radius 3 is 2.52 bits per heavy atom. The van der Waals surface area contributed by atoms with Crippen LogP contribution in [0.25, 0.3) is 5.13 Å². The number of carbonyl (C=O) groups excluding carboxylic acids is 2. The number of nitrogens with one attached hydrogen (secondary N) is 1. The molecule has 3 aromatic rings. The van der Waals surface area contributed by atoms with Crippen molar-refractivity contribution >= 4 is 23.2 Å². The third-order valence-corrected chi connectivity index (χ3v) is 5.46. The number of hydrogen-bond donors (Lipinski definition) is 1. The van der Waals surface area contributed by atoms with Crippen LogP contribution in [0.1, 0.15) is 39.8 Å². The molecule has 0 bridgehead atoms. The molecule has 0 aliphatic heterocycles. The third kappa shape index (κ3) is 4.48. The summed E-state index contributed by atoms with van der Waals surface area (Å²) >= 11 is 1.50. The molecule has 1 N–H and O–H groups in total. The number of rotatable bonds is 7.